The van der Waals surface area contributed by atoms with E-state index in [2.05, 4.69) is 77.6 Å². The first kappa shape index (κ1) is 23.8. The molecule has 1 heterocycles. The zero-order valence-corrected chi connectivity index (χ0v) is 20.5. The lowest BCUT2D eigenvalue weighted by molar-refractivity contribution is -0.0337. The first-order valence-electron chi connectivity index (χ1n) is 12.5. The van der Waals surface area contributed by atoms with Crippen LogP contribution in [0.2, 0.25) is 0 Å². The third-order valence-electron chi connectivity index (χ3n) is 7.46. The molecule has 0 amide bonds. The summed E-state index contributed by atoms with van der Waals surface area (Å²) >= 11 is 1.95. The monoisotopic (exact) mass is 452 g/mol. The Kier molecular flexibility index (Phi) is 8.70. The highest BCUT2D eigenvalue weighted by Crippen LogP contribution is 2.41. The summed E-state index contributed by atoms with van der Waals surface area (Å²) in [6.45, 7) is 5.45. The van der Waals surface area contributed by atoms with Crippen LogP contribution in [-0.2, 0) is 0 Å². The molecule has 2 fully saturated rings. The van der Waals surface area contributed by atoms with Crippen molar-refractivity contribution in [3.8, 4) is 0 Å². The molecule has 4 heteroatoms. The second-order valence-corrected chi connectivity index (χ2v) is 11.0. The minimum Gasteiger partial charge on any atom is -0.389 e. The molecule has 1 aliphatic heterocycles. The Morgan fingerprint density at radius 2 is 1.59 bits per heavy atom. The highest BCUT2D eigenvalue weighted by molar-refractivity contribution is 7.99. The van der Waals surface area contributed by atoms with E-state index in [0.29, 0.717) is 5.92 Å². The van der Waals surface area contributed by atoms with Crippen LogP contribution in [0.3, 0.4) is 0 Å². The van der Waals surface area contributed by atoms with Crippen molar-refractivity contribution in [2.45, 2.75) is 54.9 Å². The minimum absolute atomic E-state index is 0.207. The van der Waals surface area contributed by atoms with Crippen molar-refractivity contribution in [3.63, 3.8) is 0 Å². The van der Waals surface area contributed by atoms with Crippen LogP contribution >= 0.6 is 11.8 Å². The topological polar surface area (TPSA) is 26.7 Å². The molecule has 1 unspecified atom stereocenters. The molecule has 1 saturated heterocycles. The number of hydrogen-bond acceptors (Lipinski definition) is 4. The van der Waals surface area contributed by atoms with Gasteiger partial charge < -0.3 is 14.9 Å². The summed E-state index contributed by atoms with van der Waals surface area (Å²) in [5.41, 5.74) is 0.765. The molecule has 1 saturated carbocycles. The number of rotatable bonds is 8. The van der Waals surface area contributed by atoms with Crippen LogP contribution in [0.25, 0.3) is 0 Å². The molecular formula is C28H40N2OS. The van der Waals surface area contributed by atoms with Crippen molar-refractivity contribution in [1.29, 1.82) is 0 Å². The molecular weight excluding hydrogens is 412 g/mol. The summed E-state index contributed by atoms with van der Waals surface area (Å²) < 4.78 is 0. The molecule has 0 aromatic heterocycles. The van der Waals surface area contributed by atoms with Gasteiger partial charge in [0.15, 0.2) is 0 Å². The third kappa shape index (κ3) is 6.60. The smallest absolute Gasteiger partial charge is 0.0728 e. The van der Waals surface area contributed by atoms with E-state index in [1.807, 2.05) is 11.8 Å². The summed E-state index contributed by atoms with van der Waals surface area (Å²) in [6.07, 6.45) is 19.7. The van der Waals surface area contributed by atoms with E-state index in [1.165, 1.54) is 16.9 Å². The van der Waals surface area contributed by atoms with Gasteiger partial charge in [-0.25, -0.2) is 0 Å². The third-order valence-corrected chi connectivity index (χ3v) is 8.50. The molecule has 0 bridgehead atoms. The fraction of sp³-hybridized carbons (Fsp3) is 0.571. The SMILES string of the molecule is CN1CCN(CC(c2ccc(SCCC3C=CC=CC=C3)cc2)C2(O)CCCCC2)CC1. The Hall–Kier alpha value is -1.33. The molecule has 174 valence electrons. The summed E-state index contributed by atoms with van der Waals surface area (Å²) in [4.78, 5) is 6.31. The number of nitrogens with zero attached hydrogens (tertiary/aromatic N) is 2. The number of piperazine rings is 1. The predicted octanol–water partition coefficient (Wildman–Crippen LogP) is 5.49. The maximum absolute atomic E-state index is 11.7. The van der Waals surface area contributed by atoms with Gasteiger partial charge in [-0.2, -0.15) is 0 Å². The van der Waals surface area contributed by atoms with Crippen molar-refractivity contribution >= 4 is 11.8 Å². The van der Waals surface area contributed by atoms with Crippen LogP contribution < -0.4 is 0 Å². The summed E-state index contributed by atoms with van der Waals surface area (Å²) in [7, 11) is 2.21. The molecule has 0 radical (unpaired) electrons. The lowest BCUT2D eigenvalue weighted by Crippen LogP contribution is -2.50. The molecule has 0 spiro atoms. The standard InChI is InChI=1S/C28H40N2OS/c1-29-18-20-30(21-19-29)23-27(28(31)16-7-4-8-17-28)25-11-13-26(14-12-25)32-22-15-24-9-5-2-3-6-10-24/h2-3,5-6,9-14,24,27,31H,4,7-8,15-23H2,1H3. The number of likely N-dealkylation sites (N-methyl/N-ethyl adjacent to an activating group) is 1. The summed E-state index contributed by atoms with van der Waals surface area (Å²) in [5, 5.41) is 11.7. The summed E-state index contributed by atoms with van der Waals surface area (Å²) in [6, 6.07) is 9.16. The van der Waals surface area contributed by atoms with Crippen LogP contribution in [0.4, 0.5) is 0 Å². The fourth-order valence-corrected chi connectivity index (χ4v) is 6.25. The Balaban J connectivity index is 1.39. The van der Waals surface area contributed by atoms with Crippen molar-refractivity contribution in [3.05, 3.63) is 66.3 Å². The number of hydrogen-bond donors (Lipinski definition) is 1. The van der Waals surface area contributed by atoms with E-state index in [4.69, 9.17) is 0 Å². The van der Waals surface area contributed by atoms with Gasteiger partial charge in [0.2, 0.25) is 0 Å². The van der Waals surface area contributed by atoms with Gasteiger partial charge in [0.05, 0.1) is 5.60 Å². The van der Waals surface area contributed by atoms with Gasteiger partial charge in [-0.05, 0) is 55.7 Å². The quantitative estimate of drug-likeness (QED) is 0.527. The second-order valence-electron chi connectivity index (χ2n) is 9.85. The molecule has 1 aromatic rings. The highest BCUT2D eigenvalue weighted by atomic mass is 32.2. The van der Waals surface area contributed by atoms with Crippen LogP contribution in [0.5, 0.6) is 0 Å². The molecule has 3 nitrogen and oxygen atoms in total. The van der Waals surface area contributed by atoms with Gasteiger partial charge in [-0.15, -0.1) is 11.8 Å². The fourth-order valence-electron chi connectivity index (χ4n) is 5.29. The van der Waals surface area contributed by atoms with E-state index >= 15 is 0 Å². The maximum Gasteiger partial charge on any atom is 0.0728 e. The van der Waals surface area contributed by atoms with Gasteiger partial charge in [-0.3, -0.25) is 0 Å². The van der Waals surface area contributed by atoms with E-state index in [1.54, 1.807) is 0 Å². The average molecular weight is 453 g/mol. The number of aliphatic hydroxyl groups is 1. The molecule has 1 N–H and O–H groups in total. The van der Waals surface area contributed by atoms with Crippen molar-refractivity contribution in [2.24, 2.45) is 5.92 Å². The van der Waals surface area contributed by atoms with E-state index in [-0.39, 0.29) is 5.92 Å². The van der Waals surface area contributed by atoms with Crippen LogP contribution in [0.1, 0.15) is 50.0 Å². The van der Waals surface area contributed by atoms with E-state index in [0.717, 1.165) is 70.6 Å². The Bertz CT molecular complexity index is 770. The van der Waals surface area contributed by atoms with Crippen molar-refractivity contribution in [1.82, 2.24) is 9.80 Å². The average Bonchev–Trinajstić information content (AvgIpc) is 3.09. The first-order valence-corrected chi connectivity index (χ1v) is 13.5. The molecule has 3 aliphatic rings. The lowest BCUT2D eigenvalue weighted by Gasteiger charge is -2.43. The van der Waals surface area contributed by atoms with Crippen LogP contribution in [-0.4, -0.2) is 66.0 Å². The maximum atomic E-state index is 11.7. The van der Waals surface area contributed by atoms with Gasteiger partial charge in [0, 0.05) is 43.5 Å². The van der Waals surface area contributed by atoms with Gasteiger partial charge >= 0.3 is 0 Å². The van der Waals surface area contributed by atoms with Gasteiger partial charge in [0.1, 0.15) is 0 Å². The van der Waals surface area contributed by atoms with Gasteiger partial charge in [-0.1, -0.05) is 67.9 Å². The number of thioether (sulfide) groups is 1. The van der Waals surface area contributed by atoms with Crippen molar-refractivity contribution in [2.75, 3.05) is 45.5 Å². The number of allylic oxidation sites excluding steroid dienone is 6. The molecule has 2 aliphatic carbocycles. The molecule has 32 heavy (non-hydrogen) atoms. The largest absolute Gasteiger partial charge is 0.389 e. The molecule has 4 rings (SSSR count). The highest BCUT2D eigenvalue weighted by Gasteiger charge is 2.39. The Morgan fingerprint density at radius 1 is 0.938 bits per heavy atom. The first-order chi connectivity index (χ1) is 15.6. The van der Waals surface area contributed by atoms with E-state index < -0.39 is 5.60 Å². The normalized spacial score (nSPS) is 23.3. The van der Waals surface area contributed by atoms with E-state index in [9.17, 15) is 5.11 Å². The zero-order valence-electron chi connectivity index (χ0n) is 19.7. The summed E-state index contributed by atoms with van der Waals surface area (Å²) in [5.74, 6) is 1.86. The van der Waals surface area contributed by atoms with Crippen LogP contribution in [0.15, 0.2) is 65.6 Å². The second kappa shape index (κ2) is 11.7. The lowest BCUT2D eigenvalue weighted by atomic mass is 9.72. The Morgan fingerprint density at radius 3 is 2.25 bits per heavy atom. The van der Waals surface area contributed by atoms with Crippen LogP contribution in [0, 0.1) is 5.92 Å². The molecule has 1 aromatic carbocycles. The van der Waals surface area contributed by atoms with Crippen molar-refractivity contribution < 1.29 is 5.11 Å². The van der Waals surface area contributed by atoms with Gasteiger partial charge in [0.25, 0.3) is 0 Å². The predicted molar refractivity (Wildman–Crippen MR) is 137 cm³/mol. The zero-order chi connectivity index (χ0) is 22.2. The Labute approximate surface area is 199 Å². The minimum atomic E-state index is -0.553. The molecule has 1 atom stereocenters. The number of benzene rings is 1.